The van der Waals surface area contributed by atoms with Gasteiger partial charge >= 0.3 is 0 Å². The monoisotopic (exact) mass is 274 g/mol. The van der Waals surface area contributed by atoms with E-state index in [1.54, 1.807) is 24.3 Å². The average Bonchev–Trinajstić information content (AvgIpc) is 3.00. The summed E-state index contributed by atoms with van der Waals surface area (Å²) in [6, 6.07) is 7.43. The number of benzene rings is 1. The molecule has 4 nitrogen and oxygen atoms in total. The van der Waals surface area contributed by atoms with Crippen LogP contribution in [-0.2, 0) is 0 Å². The van der Waals surface area contributed by atoms with Crippen molar-refractivity contribution in [1.82, 2.24) is 10.2 Å². The Kier molecular flexibility index (Phi) is 3.92. The minimum absolute atomic E-state index is 0.0549. The first kappa shape index (κ1) is 13.4. The second kappa shape index (κ2) is 5.83. The lowest BCUT2D eigenvalue weighted by atomic mass is 9.93. The van der Waals surface area contributed by atoms with Crippen LogP contribution in [0.3, 0.4) is 0 Å². The number of hydrogen-bond acceptors (Lipinski definition) is 3. The summed E-state index contributed by atoms with van der Waals surface area (Å²) in [4.78, 5) is 14.7. The number of rotatable bonds is 2. The Morgan fingerprint density at radius 1 is 1.25 bits per heavy atom. The molecule has 0 radical (unpaired) electrons. The molecule has 2 saturated heterocycles. The molecule has 0 bridgehead atoms. The number of piperidine rings is 1. The summed E-state index contributed by atoms with van der Waals surface area (Å²) in [5.74, 6) is 0.211. The van der Waals surface area contributed by atoms with E-state index in [9.17, 15) is 9.90 Å². The molecule has 2 atom stereocenters. The molecule has 2 aliphatic heterocycles. The van der Waals surface area contributed by atoms with Gasteiger partial charge in [-0.1, -0.05) is 6.07 Å². The smallest absolute Gasteiger partial charge is 0.254 e. The first-order valence-electron chi connectivity index (χ1n) is 7.59. The largest absolute Gasteiger partial charge is 0.508 e. The predicted octanol–water partition coefficient (Wildman–Crippen LogP) is 2.14. The lowest BCUT2D eigenvalue weighted by Crippen LogP contribution is -2.52. The van der Waals surface area contributed by atoms with Crippen LogP contribution < -0.4 is 5.32 Å². The minimum Gasteiger partial charge on any atom is -0.508 e. The van der Waals surface area contributed by atoms with E-state index in [1.807, 2.05) is 4.90 Å². The zero-order valence-corrected chi connectivity index (χ0v) is 11.7. The number of carbonyl (C=O) groups is 1. The third-order valence-electron chi connectivity index (χ3n) is 4.47. The lowest BCUT2D eigenvalue weighted by Gasteiger charge is -2.39. The molecule has 108 valence electrons. The van der Waals surface area contributed by atoms with Gasteiger partial charge in [0, 0.05) is 24.2 Å². The van der Waals surface area contributed by atoms with Crippen LogP contribution in [0.1, 0.15) is 42.5 Å². The van der Waals surface area contributed by atoms with Gasteiger partial charge < -0.3 is 15.3 Å². The highest BCUT2D eigenvalue weighted by atomic mass is 16.3. The van der Waals surface area contributed by atoms with Gasteiger partial charge in [0.05, 0.1) is 0 Å². The molecule has 2 heterocycles. The second-order valence-electron chi connectivity index (χ2n) is 5.81. The molecule has 2 aliphatic rings. The third kappa shape index (κ3) is 2.66. The summed E-state index contributed by atoms with van der Waals surface area (Å²) in [6.07, 6.45) is 5.73. The highest BCUT2D eigenvalue weighted by Gasteiger charge is 2.34. The number of carbonyl (C=O) groups excluding carboxylic acids is 1. The number of phenols is 1. The van der Waals surface area contributed by atoms with Crippen LogP contribution in [-0.4, -0.2) is 41.1 Å². The molecule has 20 heavy (non-hydrogen) atoms. The summed E-state index contributed by atoms with van der Waals surface area (Å²) in [5.41, 5.74) is 0.592. The molecule has 0 aromatic heterocycles. The number of nitrogens with one attached hydrogen (secondary N) is 1. The molecule has 3 rings (SSSR count). The molecule has 0 spiro atoms. The van der Waals surface area contributed by atoms with Gasteiger partial charge in [0.15, 0.2) is 0 Å². The maximum absolute atomic E-state index is 12.7. The van der Waals surface area contributed by atoms with Crippen LogP contribution in [0.25, 0.3) is 0 Å². The van der Waals surface area contributed by atoms with E-state index in [-0.39, 0.29) is 11.7 Å². The van der Waals surface area contributed by atoms with Crippen LogP contribution in [0.4, 0.5) is 0 Å². The van der Waals surface area contributed by atoms with Gasteiger partial charge in [-0.05, 0) is 56.8 Å². The molecular weight excluding hydrogens is 252 g/mol. The van der Waals surface area contributed by atoms with E-state index < -0.39 is 0 Å². The molecular formula is C16H22N2O2. The maximum atomic E-state index is 12.7. The molecule has 1 aromatic rings. The van der Waals surface area contributed by atoms with Gasteiger partial charge in [0.1, 0.15) is 5.75 Å². The van der Waals surface area contributed by atoms with Crippen molar-refractivity contribution in [2.45, 2.75) is 44.2 Å². The summed E-state index contributed by atoms with van der Waals surface area (Å²) >= 11 is 0. The third-order valence-corrected chi connectivity index (χ3v) is 4.47. The number of amides is 1. The van der Waals surface area contributed by atoms with Crippen molar-refractivity contribution in [3.05, 3.63) is 29.8 Å². The average molecular weight is 274 g/mol. The molecule has 0 aliphatic carbocycles. The first-order chi connectivity index (χ1) is 9.75. The van der Waals surface area contributed by atoms with Gasteiger partial charge in [-0.2, -0.15) is 0 Å². The Balaban J connectivity index is 1.80. The highest BCUT2D eigenvalue weighted by Crippen LogP contribution is 2.26. The Morgan fingerprint density at radius 2 is 2.15 bits per heavy atom. The molecule has 2 fully saturated rings. The zero-order chi connectivity index (χ0) is 13.9. The number of nitrogens with zero attached hydrogens (tertiary/aromatic N) is 1. The fourth-order valence-electron chi connectivity index (χ4n) is 3.47. The second-order valence-corrected chi connectivity index (χ2v) is 5.81. The Hall–Kier alpha value is -1.55. The van der Waals surface area contributed by atoms with Crippen molar-refractivity contribution in [2.24, 2.45) is 0 Å². The number of hydrogen-bond donors (Lipinski definition) is 2. The van der Waals surface area contributed by atoms with Crippen molar-refractivity contribution < 1.29 is 9.90 Å². The number of aromatic hydroxyl groups is 1. The zero-order valence-electron chi connectivity index (χ0n) is 11.7. The van der Waals surface area contributed by atoms with Crippen molar-refractivity contribution >= 4 is 5.91 Å². The Morgan fingerprint density at radius 3 is 2.90 bits per heavy atom. The highest BCUT2D eigenvalue weighted by molar-refractivity contribution is 5.94. The topological polar surface area (TPSA) is 52.6 Å². The van der Waals surface area contributed by atoms with Crippen molar-refractivity contribution in [3.8, 4) is 5.75 Å². The van der Waals surface area contributed by atoms with E-state index in [0.29, 0.717) is 17.6 Å². The van der Waals surface area contributed by atoms with Crippen molar-refractivity contribution in [1.29, 1.82) is 0 Å². The first-order valence-corrected chi connectivity index (χ1v) is 7.59. The van der Waals surface area contributed by atoms with Crippen LogP contribution in [0.2, 0.25) is 0 Å². The van der Waals surface area contributed by atoms with E-state index in [2.05, 4.69) is 5.32 Å². The molecule has 0 saturated carbocycles. The lowest BCUT2D eigenvalue weighted by molar-refractivity contribution is 0.0563. The normalized spacial score (nSPS) is 26.7. The molecule has 1 amide bonds. The quantitative estimate of drug-likeness (QED) is 0.868. The standard InChI is InChI=1S/C16H22N2O2/c19-13-6-3-5-12(11-13)16(20)18-10-2-1-8-15(18)14-7-4-9-17-14/h3,5-6,11,14-15,17,19H,1-2,4,7-10H2. The molecule has 4 heteroatoms. The summed E-state index contributed by atoms with van der Waals surface area (Å²) in [5, 5.41) is 13.1. The van der Waals surface area contributed by atoms with Crippen LogP contribution in [0.5, 0.6) is 5.75 Å². The fourth-order valence-corrected chi connectivity index (χ4v) is 3.47. The Labute approximate surface area is 119 Å². The van der Waals surface area contributed by atoms with Gasteiger partial charge in [0.25, 0.3) is 5.91 Å². The molecule has 1 aromatic carbocycles. The summed E-state index contributed by atoms with van der Waals surface area (Å²) in [6.45, 7) is 1.90. The van der Waals surface area contributed by atoms with E-state index >= 15 is 0 Å². The van der Waals surface area contributed by atoms with Crippen LogP contribution >= 0.6 is 0 Å². The van der Waals surface area contributed by atoms with Crippen LogP contribution in [0.15, 0.2) is 24.3 Å². The van der Waals surface area contributed by atoms with Gasteiger partial charge in [0.2, 0.25) is 0 Å². The SMILES string of the molecule is O=C(c1cccc(O)c1)N1CCCCC1C1CCCN1. The minimum atomic E-state index is 0.0549. The van der Waals surface area contributed by atoms with Crippen molar-refractivity contribution in [2.75, 3.05) is 13.1 Å². The molecule has 2 unspecified atom stereocenters. The summed E-state index contributed by atoms with van der Waals surface area (Å²) < 4.78 is 0. The van der Waals surface area contributed by atoms with E-state index in [4.69, 9.17) is 0 Å². The Bertz CT molecular complexity index is 483. The number of phenolic OH excluding ortho intramolecular Hbond substituents is 1. The van der Waals surface area contributed by atoms with Gasteiger partial charge in [-0.3, -0.25) is 4.79 Å². The predicted molar refractivity (Wildman–Crippen MR) is 77.8 cm³/mol. The van der Waals surface area contributed by atoms with E-state index in [1.165, 1.54) is 12.8 Å². The summed E-state index contributed by atoms with van der Waals surface area (Å²) in [7, 11) is 0. The fraction of sp³-hybridized carbons (Fsp3) is 0.562. The maximum Gasteiger partial charge on any atom is 0.254 e. The van der Waals surface area contributed by atoms with Gasteiger partial charge in [-0.15, -0.1) is 0 Å². The van der Waals surface area contributed by atoms with Crippen LogP contribution in [0, 0.1) is 0 Å². The molecule has 2 N–H and O–H groups in total. The number of likely N-dealkylation sites (tertiary alicyclic amines) is 1. The van der Waals surface area contributed by atoms with E-state index in [0.717, 1.165) is 32.4 Å². The van der Waals surface area contributed by atoms with Gasteiger partial charge in [-0.25, -0.2) is 0 Å². The van der Waals surface area contributed by atoms with Crippen molar-refractivity contribution in [3.63, 3.8) is 0 Å².